The van der Waals surface area contributed by atoms with Gasteiger partial charge in [-0.3, -0.25) is 9.69 Å². The molecule has 3 N–H and O–H groups in total. The second kappa shape index (κ2) is 9.26. The zero-order valence-electron chi connectivity index (χ0n) is 17.6. The minimum Gasteiger partial charge on any atom is -0.504 e. The molecule has 1 atom stereocenters. The minimum atomic E-state index is -3.81. The average Bonchev–Trinajstić information content (AvgIpc) is 3.09. The Hall–Kier alpha value is -3.34. The first-order valence-corrected chi connectivity index (χ1v) is 12.3. The van der Waals surface area contributed by atoms with Gasteiger partial charge in [-0.15, -0.1) is 0 Å². The number of para-hydroxylation sites is 1. The summed E-state index contributed by atoms with van der Waals surface area (Å²) in [6.45, 7) is 0. The first-order chi connectivity index (χ1) is 15.8. The molecule has 3 aromatic rings. The highest BCUT2D eigenvalue weighted by molar-refractivity contribution is 8.16. The molecule has 3 aromatic carbocycles. The number of amides is 1. The lowest BCUT2D eigenvalue weighted by atomic mass is 10.1. The lowest BCUT2D eigenvalue weighted by Gasteiger charge is -2.16. The number of nitrogens with zero attached hydrogens (tertiary/aromatic N) is 2. The van der Waals surface area contributed by atoms with E-state index in [1.54, 1.807) is 29.2 Å². The third-order valence-electron chi connectivity index (χ3n) is 5.00. The number of primary sulfonamides is 1. The summed E-state index contributed by atoms with van der Waals surface area (Å²) in [6, 6.07) is 20.0. The van der Waals surface area contributed by atoms with Gasteiger partial charge in [0.1, 0.15) is 0 Å². The third kappa shape index (κ3) is 5.03. The first kappa shape index (κ1) is 22.8. The van der Waals surface area contributed by atoms with Crippen LogP contribution < -0.4 is 14.8 Å². The summed E-state index contributed by atoms with van der Waals surface area (Å²) in [5, 5.41) is 15.0. The van der Waals surface area contributed by atoms with Gasteiger partial charge in [-0.25, -0.2) is 18.5 Å². The van der Waals surface area contributed by atoms with Crippen LogP contribution in [0.4, 0.5) is 11.4 Å². The number of hydrogen-bond donors (Lipinski definition) is 2. The molecule has 0 spiro atoms. The molecular formula is C23H21N3O5S2. The van der Waals surface area contributed by atoms with E-state index >= 15 is 0 Å². The van der Waals surface area contributed by atoms with Crippen LogP contribution in [0.3, 0.4) is 0 Å². The largest absolute Gasteiger partial charge is 0.504 e. The number of ether oxygens (including phenoxy) is 1. The van der Waals surface area contributed by atoms with Crippen LogP contribution in [0.1, 0.15) is 5.56 Å². The molecule has 1 saturated heterocycles. The Kier molecular flexibility index (Phi) is 6.41. The molecule has 10 heteroatoms. The standard InChI is InChI=1S/C23H21N3O5S2/c1-31-20-13-15(7-12-19(20)27)14-21-22(28)26(17-5-3-2-4-6-17)23(32-21)25-16-8-10-18(11-9-16)33(24,29)30/h2-13,21,27H,14H2,1H3,(H2,24,29,30). The monoisotopic (exact) mass is 483 g/mol. The zero-order valence-corrected chi connectivity index (χ0v) is 19.2. The summed E-state index contributed by atoms with van der Waals surface area (Å²) in [7, 11) is -2.34. The lowest BCUT2D eigenvalue weighted by molar-refractivity contribution is -0.116. The molecule has 1 unspecified atom stereocenters. The fourth-order valence-electron chi connectivity index (χ4n) is 3.37. The number of methoxy groups -OCH3 is 1. The summed E-state index contributed by atoms with van der Waals surface area (Å²) >= 11 is 1.32. The van der Waals surface area contributed by atoms with Crippen molar-refractivity contribution in [3.63, 3.8) is 0 Å². The van der Waals surface area contributed by atoms with E-state index in [0.717, 1.165) is 5.56 Å². The number of sulfonamides is 1. The molecule has 8 nitrogen and oxygen atoms in total. The predicted molar refractivity (Wildman–Crippen MR) is 129 cm³/mol. The van der Waals surface area contributed by atoms with Crippen molar-refractivity contribution >= 4 is 44.2 Å². The number of nitrogens with two attached hydrogens (primary N) is 1. The van der Waals surface area contributed by atoms with E-state index in [9.17, 15) is 18.3 Å². The van der Waals surface area contributed by atoms with Crippen LogP contribution in [0.25, 0.3) is 0 Å². The molecule has 4 rings (SSSR count). The molecule has 0 aromatic heterocycles. The maximum atomic E-state index is 13.4. The van der Waals surface area contributed by atoms with Crippen molar-refractivity contribution in [2.45, 2.75) is 16.6 Å². The number of benzene rings is 3. The molecule has 1 aliphatic heterocycles. The number of amidine groups is 1. The van der Waals surface area contributed by atoms with E-state index in [4.69, 9.17) is 9.88 Å². The lowest BCUT2D eigenvalue weighted by Crippen LogP contribution is -2.32. The number of carbonyl (C=O) groups is 1. The Balaban J connectivity index is 1.67. The maximum absolute atomic E-state index is 13.4. The molecule has 0 aliphatic carbocycles. The topological polar surface area (TPSA) is 122 Å². The number of aromatic hydroxyl groups is 1. The van der Waals surface area contributed by atoms with Gasteiger partial charge in [0.05, 0.1) is 28.6 Å². The smallest absolute Gasteiger partial charge is 0.247 e. The molecule has 170 valence electrons. The number of anilines is 1. The molecular weight excluding hydrogens is 462 g/mol. The van der Waals surface area contributed by atoms with Crippen molar-refractivity contribution in [1.82, 2.24) is 0 Å². The molecule has 1 aliphatic rings. The highest BCUT2D eigenvalue weighted by atomic mass is 32.2. The van der Waals surface area contributed by atoms with Crippen LogP contribution in [0.15, 0.2) is 82.7 Å². The van der Waals surface area contributed by atoms with Crippen LogP contribution in [0, 0.1) is 0 Å². The Bertz CT molecular complexity index is 1310. The summed E-state index contributed by atoms with van der Waals surface area (Å²) in [6.07, 6.45) is 0.410. The minimum absolute atomic E-state index is 0.0133. The zero-order chi connectivity index (χ0) is 23.6. The number of carbonyl (C=O) groups excluding carboxylic acids is 1. The van der Waals surface area contributed by atoms with Crippen molar-refractivity contribution in [1.29, 1.82) is 0 Å². The van der Waals surface area contributed by atoms with Crippen LogP contribution >= 0.6 is 11.8 Å². The highest BCUT2D eigenvalue weighted by Gasteiger charge is 2.39. The molecule has 1 fully saturated rings. The van der Waals surface area contributed by atoms with Crippen molar-refractivity contribution < 1.29 is 23.1 Å². The quantitative estimate of drug-likeness (QED) is 0.554. The Morgan fingerprint density at radius 2 is 1.79 bits per heavy atom. The molecule has 1 amide bonds. The molecule has 33 heavy (non-hydrogen) atoms. The fraction of sp³-hybridized carbons (Fsp3) is 0.130. The number of aliphatic imine (C=N–C) groups is 1. The number of thioether (sulfide) groups is 1. The van der Waals surface area contributed by atoms with E-state index in [1.807, 2.05) is 30.3 Å². The van der Waals surface area contributed by atoms with Gasteiger partial charge in [0.2, 0.25) is 15.9 Å². The molecule has 0 saturated carbocycles. The van der Waals surface area contributed by atoms with Gasteiger partial charge in [-0.1, -0.05) is 36.0 Å². The van der Waals surface area contributed by atoms with Gasteiger partial charge in [0.25, 0.3) is 0 Å². The van der Waals surface area contributed by atoms with Crippen molar-refractivity contribution in [3.8, 4) is 11.5 Å². The summed E-state index contributed by atoms with van der Waals surface area (Å²) in [5.41, 5.74) is 2.01. The van der Waals surface area contributed by atoms with Gasteiger partial charge in [-0.05, 0) is 60.5 Å². The Morgan fingerprint density at radius 3 is 2.42 bits per heavy atom. The number of phenolic OH excluding ortho intramolecular Hbond substituents is 1. The average molecular weight is 484 g/mol. The van der Waals surface area contributed by atoms with Gasteiger partial charge in [-0.2, -0.15) is 0 Å². The van der Waals surface area contributed by atoms with E-state index in [0.29, 0.717) is 28.7 Å². The maximum Gasteiger partial charge on any atom is 0.247 e. The Labute approximate surface area is 195 Å². The first-order valence-electron chi connectivity index (χ1n) is 9.89. The second-order valence-corrected chi connectivity index (χ2v) is 9.99. The van der Waals surface area contributed by atoms with Crippen LogP contribution in [-0.2, 0) is 21.2 Å². The van der Waals surface area contributed by atoms with Gasteiger partial charge in [0.15, 0.2) is 16.7 Å². The highest BCUT2D eigenvalue weighted by Crippen LogP contribution is 2.36. The van der Waals surface area contributed by atoms with Gasteiger partial charge < -0.3 is 9.84 Å². The fourth-order valence-corrected chi connectivity index (χ4v) is 5.08. The van der Waals surface area contributed by atoms with Gasteiger partial charge in [0, 0.05) is 0 Å². The van der Waals surface area contributed by atoms with Gasteiger partial charge >= 0.3 is 0 Å². The SMILES string of the molecule is COc1cc(CC2SC(=Nc3ccc(S(N)(=O)=O)cc3)N(c3ccccc3)C2=O)ccc1O. The van der Waals surface area contributed by atoms with Crippen LogP contribution in [-0.4, -0.2) is 37.0 Å². The molecule has 1 heterocycles. The number of phenols is 1. The van der Waals surface area contributed by atoms with Crippen molar-refractivity contribution in [3.05, 3.63) is 78.4 Å². The van der Waals surface area contributed by atoms with Crippen molar-refractivity contribution in [2.75, 3.05) is 12.0 Å². The third-order valence-corrected chi connectivity index (χ3v) is 7.07. The number of hydrogen-bond acceptors (Lipinski definition) is 7. The summed E-state index contributed by atoms with van der Waals surface area (Å²) in [4.78, 5) is 19.5. The van der Waals surface area contributed by atoms with Crippen LogP contribution in [0.2, 0.25) is 0 Å². The summed E-state index contributed by atoms with van der Waals surface area (Å²) in [5.74, 6) is 0.243. The second-order valence-electron chi connectivity index (χ2n) is 7.26. The van der Waals surface area contributed by atoms with E-state index in [1.165, 1.54) is 37.1 Å². The normalized spacial score (nSPS) is 17.5. The van der Waals surface area contributed by atoms with Crippen LogP contribution in [0.5, 0.6) is 11.5 Å². The van der Waals surface area contributed by atoms with E-state index in [-0.39, 0.29) is 16.6 Å². The van der Waals surface area contributed by atoms with E-state index in [2.05, 4.69) is 4.99 Å². The van der Waals surface area contributed by atoms with E-state index < -0.39 is 15.3 Å². The summed E-state index contributed by atoms with van der Waals surface area (Å²) < 4.78 is 28.2. The molecule has 0 bridgehead atoms. The predicted octanol–water partition coefficient (Wildman–Crippen LogP) is 3.43. The number of rotatable bonds is 6. The molecule has 0 radical (unpaired) electrons. The van der Waals surface area contributed by atoms with Crippen molar-refractivity contribution in [2.24, 2.45) is 10.1 Å². The Morgan fingerprint density at radius 1 is 1.09 bits per heavy atom.